The summed E-state index contributed by atoms with van der Waals surface area (Å²) in [7, 11) is 0. The van der Waals surface area contributed by atoms with Crippen LogP contribution >= 0.6 is 23.4 Å². The number of para-hydroxylation sites is 1. The Morgan fingerprint density at radius 1 is 0.972 bits per heavy atom. The number of carbonyl (C=O) groups is 3. The third kappa shape index (κ3) is 6.28. The normalized spacial score (nSPS) is 15.6. The number of thioether (sulfide) groups is 1. The molecular formula is C28H28ClN3O3S. The Bertz CT molecular complexity index is 1270. The van der Waals surface area contributed by atoms with E-state index in [1.54, 1.807) is 48.2 Å². The average molecular weight is 522 g/mol. The molecule has 0 saturated carbocycles. The minimum absolute atomic E-state index is 0.0758. The fraction of sp³-hybridized carbons (Fsp3) is 0.250. The summed E-state index contributed by atoms with van der Waals surface area (Å²) < 4.78 is 0. The predicted octanol–water partition coefficient (Wildman–Crippen LogP) is 5.89. The van der Waals surface area contributed by atoms with Crippen LogP contribution in [-0.4, -0.2) is 33.9 Å². The molecule has 3 amide bonds. The number of nitrogens with zero attached hydrogens (tertiary/aromatic N) is 1. The third-order valence-corrected chi connectivity index (χ3v) is 7.11. The molecule has 186 valence electrons. The highest BCUT2D eigenvalue weighted by molar-refractivity contribution is 8.00. The van der Waals surface area contributed by atoms with E-state index in [1.807, 2.05) is 62.1 Å². The van der Waals surface area contributed by atoms with Crippen LogP contribution < -0.4 is 10.6 Å². The molecule has 3 aromatic rings. The van der Waals surface area contributed by atoms with Crippen LogP contribution in [0.3, 0.4) is 0 Å². The molecule has 0 spiro atoms. The zero-order valence-corrected chi connectivity index (χ0v) is 22.0. The molecule has 1 aliphatic heterocycles. The first-order valence-electron chi connectivity index (χ1n) is 11.6. The summed E-state index contributed by atoms with van der Waals surface area (Å²) in [6, 6.07) is 21.6. The maximum absolute atomic E-state index is 13.0. The number of carbonyl (C=O) groups excluding carboxylic acids is 3. The number of anilines is 1. The lowest BCUT2D eigenvalue weighted by Crippen LogP contribution is -2.40. The van der Waals surface area contributed by atoms with Gasteiger partial charge in [0.25, 0.3) is 11.8 Å². The van der Waals surface area contributed by atoms with Gasteiger partial charge in [0, 0.05) is 22.7 Å². The SMILES string of the molecule is CC(C)(C)NC(=O)c1ccccc1NC(=O)c1ccc([C@@H]2SCC(=O)N2Cc2ccc(Cl)cc2)cc1. The second-order valence-corrected chi connectivity index (χ2v) is 11.1. The molecule has 2 N–H and O–H groups in total. The molecule has 36 heavy (non-hydrogen) atoms. The van der Waals surface area contributed by atoms with E-state index in [-0.39, 0.29) is 23.1 Å². The van der Waals surface area contributed by atoms with Crippen LogP contribution in [-0.2, 0) is 11.3 Å². The largest absolute Gasteiger partial charge is 0.347 e. The van der Waals surface area contributed by atoms with Gasteiger partial charge in [-0.25, -0.2) is 0 Å². The van der Waals surface area contributed by atoms with Crippen LogP contribution in [0.4, 0.5) is 5.69 Å². The average Bonchev–Trinajstić information content (AvgIpc) is 3.19. The maximum atomic E-state index is 13.0. The van der Waals surface area contributed by atoms with Gasteiger partial charge in [-0.1, -0.05) is 48.0 Å². The topological polar surface area (TPSA) is 78.5 Å². The van der Waals surface area contributed by atoms with Gasteiger partial charge in [-0.2, -0.15) is 0 Å². The Morgan fingerprint density at radius 2 is 1.64 bits per heavy atom. The molecule has 3 aromatic carbocycles. The third-order valence-electron chi connectivity index (χ3n) is 5.60. The molecule has 0 unspecified atom stereocenters. The van der Waals surface area contributed by atoms with Crippen LogP contribution in [0.15, 0.2) is 72.8 Å². The molecule has 1 aliphatic rings. The van der Waals surface area contributed by atoms with Crippen molar-refractivity contribution in [3.8, 4) is 0 Å². The number of amides is 3. The summed E-state index contributed by atoms with van der Waals surface area (Å²) in [6.07, 6.45) is 0. The molecule has 6 nitrogen and oxygen atoms in total. The first kappa shape index (κ1) is 25.8. The predicted molar refractivity (Wildman–Crippen MR) is 145 cm³/mol. The highest BCUT2D eigenvalue weighted by atomic mass is 35.5. The molecule has 0 aliphatic carbocycles. The summed E-state index contributed by atoms with van der Waals surface area (Å²) in [5.41, 5.74) is 2.86. The van der Waals surface area contributed by atoms with Gasteiger partial charge < -0.3 is 15.5 Å². The van der Waals surface area contributed by atoms with Gasteiger partial charge in [-0.05, 0) is 68.3 Å². The number of halogens is 1. The van der Waals surface area contributed by atoms with Gasteiger partial charge in [0.15, 0.2) is 0 Å². The molecular weight excluding hydrogens is 494 g/mol. The molecule has 1 atom stereocenters. The highest BCUT2D eigenvalue weighted by Gasteiger charge is 2.32. The minimum atomic E-state index is -0.398. The van der Waals surface area contributed by atoms with Gasteiger partial charge in [-0.15, -0.1) is 11.8 Å². The Morgan fingerprint density at radius 3 is 2.31 bits per heavy atom. The Hall–Kier alpha value is -3.29. The van der Waals surface area contributed by atoms with E-state index in [0.29, 0.717) is 34.1 Å². The monoisotopic (exact) mass is 521 g/mol. The first-order valence-corrected chi connectivity index (χ1v) is 13.0. The summed E-state index contributed by atoms with van der Waals surface area (Å²) in [6.45, 7) is 6.20. The molecule has 4 rings (SSSR count). The van der Waals surface area contributed by atoms with E-state index >= 15 is 0 Å². The molecule has 1 fully saturated rings. The van der Waals surface area contributed by atoms with Crippen molar-refractivity contribution < 1.29 is 14.4 Å². The maximum Gasteiger partial charge on any atom is 0.255 e. The number of benzene rings is 3. The van der Waals surface area contributed by atoms with Crippen LogP contribution in [0.5, 0.6) is 0 Å². The molecule has 0 radical (unpaired) electrons. The van der Waals surface area contributed by atoms with Crippen molar-refractivity contribution in [2.24, 2.45) is 0 Å². The van der Waals surface area contributed by atoms with E-state index in [2.05, 4.69) is 10.6 Å². The van der Waals surface area contributed by atoms with Crippen molar-refractivity contribution in [3.05, 3.63) is 100 Å². The lowest BCUT2D eigenvalue weighted by molar-refractivity contribution is -0.128. The van der Waals surface area contributed by atoms with E-state index in [1.165, 1.54) is 0 Å². The Kier molecular flexibility index (Phi) is 7.71. The molecule has 8 heteroatoms. The second-order valence-electron chi connectivity index (χ2n) is 9.64. The van der Waals surface area contributed by atoms with Crippen molar-refractivity contribution in [3.63, 3.8) is 0 Å². The van der Waals surface area contributed by atoms with Gasteiger partial charge in [0.1, 0.15) is 5.37 Å². The van der Waals surface area contributed by atoms with Crippen molar-refractivity contribution in [1.82, 2.24) is 10.2 Å². The zero-order valence-electron chi connectivity index (χ0n) is 20.4. The Labute approximate surface area is 220 Å². The van der Waals surface area contributed by atoms with E-state index < -0.39 is 5.54 Å². The number of nitrogens with one attached hydrogen (secondary N) is 2. The zero-order chi connectivity index (χ0) is 25.9. The smallest absolute Gasteiger partial charge is 0.255 e. The number of hydrogen-bond acceptors (Lipinski definition) is 4. The fourth-order valence-corrected chi connectivity index (χ4v) is 5.19. The van der Waals surface area contributed by atoms with Crippen molar-refractivity contribution in [2.75, 3.05) is 11.1 Å². The fourth-order valence-electron chi connectivity index (χ4n) is 3.88. The molecule has 0 aromatic heterocycles. The summed E-state index contributed by atoms with van der Waals surface area (Å²) in [4.78, 5) is 40.1. The lowest BCUT2D eigenvalue weighted by atomic mass is 10.1. The molecule has 1 heterocycles. The van der Waals surface area contributed by atoms with Gasteiger partial charge >= 0.3 is 0 Å². The second kappa shape index (κ2) is 10.8. The highest BCUT2D eigenvalue weighted by Crippen LogP contribution is 2.39. The van der Waals surface area contributed by atoms with Crippen molar-refractivity contribution >= 4 is 46.8 Å². The van der Waals surface area contributed by atoms with E-state index in [4.69, 9.17) is 11.6 Å². The summed E-state index contributed by atoms with van der Waals surface area (Å²) in [5.74, 6) is -0.0800. The number of hydrogen-bond donors (Lipinski definition) is 2. The minimum Gasteiger partial charge on any atom is -0.347 e. The Balaban J connectivity index is 1.47. The molecule has 0 bridgehead atoms. The van der Waals surface area contributed by atoms with Gasteiger partial charge in [-0.3, -0.25) is 14.4 Å². The van der Waals surface area contributed by atoms with Gasteiger partial charge in [0.2, 0.25) is 5.91 Å². The standard InChI is InChI=1S/C28H28ClN3O3S/c1-28(2,3)31-26(35)22-6-4-5-7-23(22)30-25(34)19-10-12-20(13-11-19)27-32(24(33)17-36-27)16-18-8-14-21(29)15-9-18/h4-15,27H,16-17H2,1-3H3,(H,30,34)(H,31,35)/t27-/m0/s1. The van der Waals surface area contributed by atoms with E-state index in [0.717, 1.165) is 11.1 Å². The van der Waals surface area contributed by atoms with Gasteiger partial charge in [0.05, 0.1) is 17.0 Å². The molecule has 1 saturated heterocycles. The summed E-state index contributed by atoms with van der Waals surface area (Å²) in [5, 5.41) is 6.30. The number of rotatable bonds is 6. The first-order chi connectivity index (χ1) is 17.1. The quantitative estimate of drug-likeness (QED) is 0.423. The van der Waals surface area contributed by atoms with Crippen LogP contribution in [0.2, 0.25) is 5.02 Å². The van der Waals surface area contributed by atoms with Crippen LogP contribution in [0, 0.1) is 0 Å². The lowest BCUT2D eigenvalue weighted by Gasteiger charge is -2.24. The summed E-state index contributed by atoms with van der Waals surface area (Å²) >= 11 is 7.55. The van der Waals surface area contributed by atoms with Crippen molar-refractivity contribution in [1.29, 1.82) is 0 Å². The van der Waals surface area contributed by atoms with Crippen molar-refractivity contribution in [2.45, 2.75) is 38.2 Å². The van der Waals surface area contributed by atoms with Crippen LogP contribution in [0.25, 0.3) is 0 Å². The van der Waals surface area contributed by atoms with Crippen LogP contribution in [0.1, 0.15) is 58.0 Å². The van der Waals surface area contributed by atoms with E-state index in [9.17, 15) is 14.4 Å².